The van der Waals surface area contributed by atoms with Gasteiger partial charge < -0.3 is 9.88 Å². The Morgan fingerprint density at radius 3 is 2.45 bits per heavy atom. The summed E-state index contributed by atoms with van der Waals surface area (Å²) in [5.41, 5.74) is 3.39. The van der Waals surface area contributed by atoms with Crippen molar-refractivity contribution in [3.63, 3.8) is 0 Å². The summed E-state index contributed by atoms with van der Waals surface area (Å²) in [6, 6.07) is 14.1. The minimum atomic E-state index is 0.0832. The molecule has 0 radical (unpaired) electrons. The van der Waals surface area contributed by atoms with Gasteiger partial charge in [0.05, 0.1) is 0 Å². The predicted octanol–water partition coefficient (Wildman–Crippen LogP) is 2.52. The number of benzene rings is 1. The van der Waals surface area contributed by atoms with Gasteiger partial charge in [-0.05, 0) is 43.1 Å². The van der Waals surface area contributed by atoms with Crippen molar-refractivity contribution in [3.8, 4) is 11.1 Å². The molecule has 1 N–H and O–H groups in total. The van der Waals surface area contributed by atoms with Crippen molar-refractivity contribution in [2.24, 2.45) is 7.05 Å². The standard InChI is InChI=1S/C17H20N2O/c1-19-16(14-7-9-18-10-8-14)11-15(12-17(19)20)13-5-3-2-4-6-13/h2-6,11-12,14,18H,7-10H2,1H3. The van der Waals surface area contributed by atoms with Crippen LogP contribution in [0.2, 0.25) is 0 Å². The molecule has 0 spiro atoms. The van der Waals surface area contributed by atoms with Gasteiger partial charge in [0.2, 0.25) is 0 Å². The summed E-state index contributed by atoms with van der Waals surface area (Å²) >= 11 is 0. The van der Waals surface area contributed by atoms with Crippen molar-refractivity contribution < 1.29 is 0 Å². The van der Waals surface area contributed by atoms with Crippen LogP contribution in [0.3, 0.4) is 0 Å². The average Bonchev–Trinajstić information content (AvgIpc) is 2.51. The smallest absolute Gasteiger partial charge is 0.251 e. The summed E-state index contributed by atoms with van der Waals surface area (Å²) in [6.07, 6.45) is 2.21. The van der Waals surface area contributed by atoms with Crippen molar-refractivity contribution in [3.05, 3.63) is 58.5 Å². The van der Waals surface area contributed by atoms with Crippen molar-refractivity contribution in [2.45, 2.75) is 18.8 Å². The third kappa shape index (κ3) is 2.54. The maximum absolute atomic E-state index is 12.2. The van der Waals surface area contributed by atoms with E-state index in [1.807, 2.05) is 29.8 Å². The van der Waals surface area contributed by atoms with Crippen molar-refractivity contribution in [2.75, 3.05) is 13.1 Å². The van der Waals surface area contributed by atoms with Crippen LogP contribution in [0.4, 0.5) is 0 Å². The van der Waals surface area contributed by atoms with Gasteiger partial charge in [-0.15, -0.1) is 0 Å². The largest absolute Gasteiger partial charge is 0.317 e. The van der Waals surface area contributed by atoms with E-state index in [2.05, 4.69) is 23.5 Å². The summed E-state index contributed by atoms with van der Waals surface area (Å²) < 4.78 is 1.81. The molecule has 2 aromatic rings. The SMILES string of the molecule is Cn1c(C2CCNCC2)cc(-c2ccccc2)cc1=O. The van der Waals surface area contributed by atoms with Gasteiger partial charge in [-0.25, -0.2) is 0 Å². The van der Waals surface area contributed by atoms with Crippen LogP contribution in [0, 0.1) is 0 Å². The predicted molar refractivity (Wildman–Crippen MR) is 82.0 cm³/mol. The molecular formula is C17H20N2O. The molecule has 3 rings (SSSR count). The Balaban J connectivity index is 2.06. The third-order valence-corrected chi connectivity index (χ3v) is 4.16. The molecule has 1 aliphatic heterocycles. The lowest BCUT2D eigenvalue weighted by atomic mass is 9.92. The Bertz CT molecular complexity index is 640. The number of piperidine rings is 1. The van der Waals surface area contributed by atoms with Gasteiger partial charge in [0.15, 0.2) is 0 Å². The zero-order valence-corrected chi connectivity index (χ0v) is 11.8. The molecule has 104 valence electrons. The van der Waals surface area contributed by atoms with Gasteiger partial charge in [-0.3, -0.25) is 4.79 Å². The Morgan fingerprint density at radius 2 is 1.75 bits per heavy atom. The van der Waals surface area contributed by atoms with Crippen LogP contribution in [0.15, 0.2) is 47.3 Å². The van der Waals surface area contributed by atoms with Crippen molar-refractivity contribution in [1.82, 2.24) is 9.88 Å². The van der Waals surface area contributed by atoms with E-state index in [9.17, 15) is 4.79 Å². The monoisotopic (exact) mass is 268 g/mol. The van der Waals surface area contributed by atoms with Gasteiger partial charge in [0, 0.05) is 24.7 Å². The Labute approximate surface area is 119 Å². The zero-order valence-electron chi connectivity index (χ0n) is 11.8. The minimum absolute atomic E-state index is 0.0832. The van der Waals surface area contributed by atoms with Crippen molar-refractivity contribution >= 4 is 0 Å². The van der Waals surface area contributed by atoms with Gasteiger partial charge in [-0.1, -0.05) is 30.3 Å². The number of pyridine rings is 1. The van der Waals surface area contributed by atoms with E-state index in [0.29, 0.717) is 5.92 Å². The Hall–Kier alpha value is -1.87. The third-order valence-electron chi connectivity index (χ3n) is 4.16. The van der Waals surface area contributed by atoms with Gasteiger partial charge in [0.1, 0.15) is 0 Å². The number of hydrogen-bond donors (Lipinski definition) is 1. The van der Waals surface area contributed by atoms with Crippen LogP contribution >= 0.6 is 0 Å². The minimum Gasteiger partial charge on any atom is -0.317 e. The number of nitrogens with one attached hydrogen (secondary N) is 1. The summed E-state index contributed by atoms with van der Waals surface area (Å²) in [5.74, 6) is 0.484. The first-order chi connectivity index (χ1) is 9.75. The fourth-order valence-corrected chi connectivity index (χ4v) is 2.96. The van der Waals surface area contributed by atoms with E-state index in [-0.39, 0.29) is 5.56 Å². The van der Waals surface area contributed by atoms with E-state index in [0.717, 1.165) is 42.8 Å². The van der Waals surface area contributed by atoms with Crippen LogP contribution in [0.5, 0.6) is 0 Å². The number of hydrogen-bond acceptors (Lipinski definition) is 2. The Morgan fingerprint density at radius 1 is 1.05 bits per heavy atom. The molecule has 2 heterocycles. The van der Waals surface area contributed by atoms with Gasteiger partial charge in [0.25, 0.3) is 5.56 Å². The molecule has 1 fully saturated rings. The van der Waals surface area contributed by atoms with Gasteiger partial charge in [-0.2, -0.15) is 0 Å². The molecule has 3 nitrogen and oxygen atoms in total. The van der Waals surface area contributed by atoms with Crippen LogP contribution in [0.25, 0.3) is 11.1 Å². The molecular weight excluding hydrogens is 248 g/mol. The molecule has 0 amide bonds. The molecule has 0 aliphatic carbocycles. The molecule has 20 heavy (non-hydrogen) atoms. The van der Waals surface area contributed by atoms with Crippen molar-refractivity contribution in [1.29, 1.82) is 0 Å². The first-order valence-electron chi connectivity index (χ1n) is 7.23. The molecule has 1 saturated heterocycles. The zero-order chi connectivity index (χ0) is 13.9. The van der Waals surface area contributed by atoms with Crippen LogP contribution in [-0.4, -0.2) is 17.7 Å². The van der Waals surface area contributed by atoms with Crippen LogP contribution < -0.4 is 10.9 Å². The summed E-state index contributed by atoms with van der Waals surface area (Å²) in [5, 5.41) is 3.38. The van der Waals surface area contributed by atoms with Gasteiger partial charge >= 0.3 is 0 Å². The first kappa shape index (κ1) is 13.1. The molecule has 0 bridgehead atoms. The first-order valence-corrected chi connectivity index (χ1v) is 7.23. The normalized spacial score (nSPS) is 16.2. The molecule has 1 aliphatic rings. The number of rotatable bonds is 2. The Kier molecular flexibility index (Phi) is 3.70. The average molecular weight is 268 g/mol. The lowest BCUT2D eigenvalue weighted by Crippen LogP contribution is -2.30. The highest BCUT2D eigenvalue weighted by atomic mass is 16.1. The number of aromatic nitrogens is 1. The van der Waals surface area contributed by atoms with Crippen LogP contribution in [0.1, 0.15) is 24.5 Å². The molecule has 1 aromatic heterocycles. The molecule has 1 aromatic carbocycles. The maximum Gasteiger partial charge on any atom is 0.251 e. The lowest BCUT2D eigenvalue weighted by Gasteiger charge is -2.25. The molecule has 3 heteroatoms. The molecule has 0 unspecified atom stereocenters. The second-order valence-corrected chi connectivity index (χ2v) is 5.46. The summed E-state index contributed by atoms with van der Waals surface area (Å²) in [7, 11) is 1.88. The summed E-state index contributed by atoms with van der Waals surface area (Å²) in [6.45, 7) is 2.07. The fourth-order valence-electron chi connectivity index (χ4n) is 2.96. The number of nitrogens with zero attached hydrogens (tertiary/aromatic N) is 1. The van der Waals surface area contributed by atoms with E-state index in [1.54, 1.807) is 6.07 Å². The van der Waals surface area contributed by atoms with E-state index >= 15 is 0 Å². The highest BCUT2D eigenvalue weighted by molar-refractivity contribution is 5.63. The van der Waals surface area contributed by atoms with E-state index in [1.165, 1.54) is 0 Å². The second-order valence-electron chi connectivity index (χ2n) is 5.46. The topological polar surface area (TPSA) is 34.0 Å². The lowest BCUT2D eigenvalue weighted by molar-refractivity contribution is 0.442. The summed E-state index contributed by atoms with van der Waals surface area (Å²) in [4.78, 5) is 12.2. The maximum atomic E-state index is 12.2. The molecule has 0 atom stereocenters. The van der Waals surface area contributed by atoms with E-state index in [4.69, 9.17) is 0 Å². The highest BCUT2D eigenvalue weighted by Crippen LogP contribution is 2.27. The van der Waals surface area contributed by atoms with E-state index < -0.39 is 0 Å². The molecule has 0 saturated carbocycles. The second kappa shape index (κ2) is 5.63. The highest BCUT2D eigenvalue weighted by Gasteiger charge is 2.18. The fraction of sp³-hybridized carbons (Fsp3) is 0.353. The van der Waals surface area contributed by atoms with Crippen LogP contribution in [-0.2, 0) is 7.05 Å². The quantitative estimate of drug-likeness (QED) is 0.908.